The van der Waals surface area contributed by atoms with Gasteiger partial charge in [0.25, 0.3) is 11.8 Å². The van der Waals surface area contributed by atoms with Gasteiger partial charge in [-0.3, -0.25) is 9.59 Å². The van der Waals surface area contributed by atoms with Crippen LogP contribution >= 0.6 is 31.9 Å². The summed E-state index contributed by atoms with van der Waals surface area (Å²) in [6, 6.07) is 17.5. The summed E-state index contributed by atoms with van der Waals surface area (Å²) in [4.78, 5) is 25.0. The number of carbonyl (C=O) groups excluding carboxylic acids is 2. The average molecular weight is 631 g/mol. The Morgan fingerprint density at radius 1 is 1.00 bits per heavy atom. The highest BCUT2D eigenvalue weighted by atomic mass is 79.9. The van der Waals surface area contributed by atoms with Gasteiger partial charge >= 0.3 is 0 Å². The lowest BCUT2D eigenvalue weighted by molar-refractivity contribution is -0.118. The van der Waals surface area contributed by atoms with Gasteiger partial charge in [-0.15, -0.1) is 0 Å². The van der Waals surface area contributed by atoms with Crippen LogP contribution in [0.25, 0.3) is 0 Å². The molecule has 0 unspecified atom stereocenters. The number of para-hydroxylation sites is 1. The molecule has 0 aliphatic rings. The Kier molecular flexibility index (Phi) is 10.7. The van der Waals surface area contributed by atoms with Gasteiger partial charge < -0.3 is 19.5 Å². The first-order valence-electron chi connectivity index (χ1n) is 11.2. The fourth-order valence-corrected chi connectivity index (χ4v) is 4.47. The summed E-state index contributed by atoms with van der Waals surface area (Å²) in [5.74, 6) is 0.598. The van der Waals surface area contributed by atoms with E-state index in [1.807, 2.05) is 25.1 Å². The Bertz CT molecular complexity index is 1280. The molecule has 2 N–H and O–H groups in total. The predicted molar refractivity (Wildman–Crippen MR) is 151 cm³/mol. The van der Waals surface area contributed by atoms with Crippen LogP contribution in [0.4, 0.5) is 5.69 Å². The number of nitrogens with one attached hydrogen (secondary N) is 2. The first-order valence-corrected chi connectivity index (χ1v) is 12.8. The van der Waals surface area contributed by atoms with E-state index in [9.17, 15) is 9.59 Å². The van der Waals surface area contributed by atoms with Gasteiger partial charge in [0.05, 0.1) is 17.3 Å². The Morgan fingerprint density at radius 3 is 2.51 bits per heavy atom. The fraction of sp³-hybridized carbons (Fsp3) is 0.148. The predicted octanol–water partition coefficient (Wildman–Crippen LogP) is 5.96. The molecule has 3 aromatic carbocycles. The molecule has 0 aliphatic heterocycles. The second-order valence-corrected chi connectivity index (χ2v) is 9.17. The molecule has 3 aromatic rings. The Morgan fingerprint density at radius 2 is 1.78 bits per heavy atom. The normalized spacial score (nSPS) is 10.6. The molecule has 192 valence electrons. The molecule has 0 radical (unpaired) electrons. The third kappa shape index (κ3) is 8.47. The number of anilines is 1. The van der Waals surface area contributed by atoms with E-state index >= 15 is 0 Å². The molecule has 0 spiro atoms. The van der Waals surface area contributed by atoms with Crippen molar-refractivity contribution in [2.75, 3.05) is 25.1 Å². The van der Waals surface area contributed by atoms with Gasteiger partial charge in [-0.05, 0) is 65.3 Å². The quantitative estimate of drug-likeness (QED) is 0.146. The van der Waals surface area contributed by atoms with E-state index in [0.717, 1.165) is 4.47 Å². The van der Waals surface area contributed by atoms with E-state index in [0.29, 0.717) is 51.7 Å². The van der Waals surface area contributed by atoms with Crippen LogP contribution in [0.2, 0.25) is 0 Å². The van der Waals surface area contributed by atoms with Gasteiger partial charge in [-0.2, -0.15) is 5.10 Å². The minimum absolute atomic E-state index is 0.219. The number of carbonyl (C=O) groups is 2. The number of hydrazone groups is 1. The Balaban J connectivity index is 1.69. The lowest BCUT2D eigenvalue weighted by atomic mass is 10.2. The van der Waals surface area contributed by atoms with Crippen LogP contribution in [0.1, 0.15) is 22.8 Å². The van der Waals surface area contributed by atoms with E-state index in [1.54, 1.807) is 48.5 Å². The molecule has 0 aromatic heterocycles. The average Bonchev–Trinajstić information content (AvgIpc) is 2.88. The number of amides is 2. The molecule has 0 fully saturated rings. The second-order valence-electron chi connectivity index (χ2n) is 7.40. The molecule has 8 nitrogen and oxygen atoms in total. The van der Waals surface area contributed by atoms with Crippen LogP contribution < -0.4 is 25.0 Å². The van der Waals surface area contributed by atoms with Crippen LogP contribution in [0.5, 0.6) is 17.2 Å². The van der Waals surface area contributed by atoms with Gasteiger partial charge in [-0.1, -0.05) is 46.8 Å². The smallest absolute Gasteiger partial charge is 0.271 e. The molecular formula is C27H25Br2N3O5. The maximum absolute atomic E-state index is 12.7. The van der Waals surface area contributed by atoms with Crippen LogP contribution in [0, 0.1) is 0 Å². The van der Waals surface area contributed by atoms with Gasteiger partial charge in [0, 0.05) is 21.3 Å². The van der Waals surface area contributed by atoms with Gasteiger partial charge in [0.15, 0.2) is 18.1 Å². The maximum atomic E-state index is 12.7. The third-order valence-electron chi connectivity index (χ3n) is 4.67. The van der Waals surface area contributed by atoms with Gasteiger partial charge in [0.2, 0.25) is 0 Å². The molecular weight excluding hydrogens is 606 g/mol. The number of hydrogen-bond acceptors (Lipinski definition) is 6. The lowest BCUT2D eigenvalue weighted by Gasteiger charge is -2.13. The van der Waals surface area contributed by atoms with Crippen molar-refractivity contribution in [3.8, 4) is 17.2 Å². The van der Waals surface area contributed by atoms with Crippen molar-refractivity contribution in [2.24, 2.45) is 5.10 Å². The molecule has 0 aliphatic carbocycles. The number of benzene rings is 3. The summed E-state index contributed by atoms with van der Waals surface area (Å²) in [6.45, 7) is 5.98. The SMILES string of the molecule is C=CCOc1ccc(C(=O)N/N=C/c2cc(Br)cc(Br)c2OCC(=O)Nc2ccccc2)cc1OCC. The molecule has 37 heavy (non-hydrogen) atoms. The topological polar surface area (TPSA) is 98.3 Å². The van der Waals surface area contributed by atoms with E-state index in [2.05, 4.69) is 54.3 Å². The largest absolute Gasteiger partial charge is 0.490 e. The minimum atomic E-state index is -0.439. The van der Waals surface area contributed by atoms with E-state index in [1.165, 1.54) is 6.21 Å². The Labute approximate surface area is 232 Å². The monoisotopic (exact) mass is 629 g/mol. The standard InChI is InChI=1S/C27H25Br2N3O5/c1-3-12-36-23-11-10-18(14-24(23)35-4-2)27(34)32-30-16-19-13-20(28)15-22(29)26(19)37-17-25(33)31-21-8-6-5-7-9-21/h3,5-11,13-16H,1,4,12,17H2,2H3,(H,31,33)(H,32,34)/b30-16+. The highest BCUT2D eigenvalue weighted by molar-refractivity contribution is 9.11. The summed E-state index contributed by atoms with van der Waals surface area (Å²) < 4.78 is 18.3. The summed E-state index contributed by atoms with van der Waals surface area (Å²) in [5.41, 5.74) is 4.05. The molecule has 0 bridgehead atoms. The highest BCUT2D eigenvalue weighted by Crippen LogP contribution is 2.32. The van der Waals surface area contributed by atoms with Crippen LogP contribution in [-0.4, -0.2) is 37.8 Å². The zero-order chi connectivity index (χ0) is 26.6. The van der Waals surface area contributed by atoms with Crippen molar-refractivity contribution in [1.82, 2.24) is 5.43 Å². The fourth-order valence-electron chi connectivity index (χ4n) is 3.10. The van der Waals surface area contributed by atoms with Crippen molar-refractivity contribution < 1.29 is 23.8 Å². The van der Waals surface area contributed by atoms with Crippen molar-refractivity contribution in [3.05, 3.63) is 93.4 Å². The van der Waals surface area contributed by atoms with Crippen LogP contribution in [0.15, 0.2) is 87.4 Å². The zero-order valence-electron chi connectivity index (χ0n) is 20.0. The number of ether oxygens (including phenoxy) is 3. The summed E-state index contributed by atoms with van der Waals surface area (Å²) in [7, 11) is 0. The van der Waals surface area contributed by atoms with Gasteiger partial charge in [-0.25, -0.2) is 5.43 Å². The number of hydrogen-bond donors (Lipinski definition) is 2. The molecule has 2 amide bonds. The maximum Gasteiger partial charge on any atom is 0.271 e. The van der Waals surface area contributed by atoms with Crippen molar-refractivity contribution in [2.45, 2.75) is 6.92 Å². The van der Waals surface area contributed by atoms with Crippen LogP contribution in [0.3, 0.4) is 0 Å². The summed E-state index contributed by atoms with van der Waals surface area (Å²) in [5, 5.41) is 6.84. The Hall–Kier alpha value is -3.63. The van der Waals surface area contributed by atoms with Gasteiger partial charge in [0.1, 0.15) is 12.4 Å². The third-order valence-corrected chi connectivity index (χ3v) is 5.72. The molecule has 0 heterocycles. The van der Waals surface area contributed by atoms with Crippen molar-refractivity contribution >= 4 is 55.6 Å². The molecule has 0 atom stereocenters. The summed E-state index contributed by atoms with van der Waals surface area (Å²) >= 11 is 6.88. The molecule has 0 saturated carbocycles. The minimum Gasteiger partial charge on any atom is -0.490 e. The van der Waals surface area contributed by atoms with Crippen molar-refractivity contribution in [3.63, 3.8) is 0 Å². The van der Waals surface area contributed by atoms with E-state index in [4.69, 9.17) is 14.2 Å². The first kappa shape index (κ1) is 27.9. The molecule has 10 heteroatoms. The number of rotatable bonds is 12. The first-order chi connectivity index (χ1) is 17.9. The van der Waals surface area contributed by atoms with E-state index in [-0.39, 0.29) is 12.5 Å². The molecule has 3 rings (SSSR count). The zero-order valence-corrected chi connectivity index (χ0v) is 23.2. The van der Waals surface area contributed by atoms with Crippen molar-refractivity contribution in [1.29, 1.82) is 0 Å². The van der Waals surface area contributed by atoms with Crippen LogP contribution in [-0.2, 0) is 4.79 Å². The molecule has 0 saturated heterocycles. The number of halogens is 2. The lowest BCUT2D eigenvalue weighted by Crippen LogP contribution is -2.21. The highest BCUT2D eigenvalue weighted by Gasteiger charge is 2.13. The van der Waals surface area contributed by atoms with E-state index < -0.39 is 5.91 Å². The second kappa shape index (κ2) is 14.2. The summed E-state index contributed by atoms with van der Waals surface area (Å²) in [6.07, 6.45) is 3.06. The number of nitrogens with zero attached hydrogens (tertiary/aromatic N) is 1.